The number of thiophene rings is 1. The van der Waals surface area contributed by atoms with Crippen LogP contribution in [-0.4, -0.2) is 51.3 Å². The average Bonchev–Trinajstić information content (AvgIpc) is 3.30. The Bertz CT molecular complexity index is 897. The molecule has 1 unspecified atom stereocenters. The monoisotopic (exact) mass is 461 g/mol. The number of nitrogens with one attached hydrogen (secondary N) is 2. The van der Waals surface area contributed by atoms with E-state index in [4.69, 9.17) is 14.2 Å². The van der Waals surface area contributed by atoms with Crippen LogP contribution in [-0.2, 0) is 14.3 Å². The number of rotatable bonds is 10. The van der Waals surface area contributed by atoms with Gasteiger partial charge in [-0.3, -0.25) is 9.59 Å². The smallest absolute Gasteiger partial charge is 0.226 e. The average molecular weight is 462 g/mol. The van der Waals surface area contributed by atoms with Gasteiger partial charge in [-0.15, -0.1) is 11.3 Å². The van der Waals surface area contributed by atoms with Gasteiger partial charge in [-0.2, -0.15) is 0 Å². The highest BCUT2D eigenvalue weighted by Gasteiger charge is 2.22. The van der Waals surface area contributed by atoms with Crippen LogP contribution in [0.3, 0.4) is 0 Å². The molecule has 0 spiro atoms. The quantitative estimate of drug-likeness (QED) is 0.562. The molecule has 1 aliphatic heterocycles. The Kier molecular flexibility index (Phi) is 8.75. The van der Waals surface area contributed by atoms with Crippen molar-refractivity contribution in [3.63, 3.8) is 0 Å². The van der Waals surface area contributed by atoms with E-state index in [1.165, 1.54) is 18.3 Å². The van der Waals surface area contributed by atoms with Crippen LogP contribution >= 0.6 is 11.3 Å². The number of anilines is 2. The highest BCUT2D eigenvalue weighted by atomic mass is 32.1. The van der Waals surface area contributed by atoms with Crippen molar-refractivity contribution >= 4 is 34.5 Å². The third-order valence-corrected chi connectivity index (χ3v) is 5.93. The molecule has 0 radical (unpaired) electrons. The minimum absolute atomic E-state index is 0.112. The third kappa shape index (κ3) is 6.37. The normalized spacial score (nSPS) is 14.5. The first-order valence-corrected chi connectivity index (χ1v) is 11.8. The lowest BCUT2D eigenvalue weighted by Gasteiger charge is -2.31. The summed E-state index contributed by atoms with van der Waals surface area (Å²) in [5.74, 6) is 0.863. The number of morpholine rings is 1. The topological polar surface area (TPSA) is 89.1 Å². The van der Waals surface area contributed by atoms with Crippen LogP contribution in [0.2, 0.25) is 0 Å². The number of benzene rings is 1. The van der Waals surface area contributed by atoms with Gasteiger partial charge in [-0.25, -0.2) is 0 Å². The van der Waals surface area contributed by atoms with Crippen LogP contribution in [0, 0.1) is 0 Å². The van der Waals surface area contributed by atoms with E-state index in [1.54, 1.807) is 0 Å². The van der Waals surface area contributed by atoms with E-state index in [-0.39, 0.29) is 24.3 Å². The molecule has 1 fully saturated rings. The van der Waals surface area contributed by atoms with Gasteiger partial charge < -0.3 is 29.7 Å². The molecule has 2 heterocycles. The lowest BCUT2D eigenvalue weighted by molar-refractivity contribution is -0.120. The van der Waals surface area contributed by atoms with Crippen molar-refractivity contribution in [2.24, 2.45) is 0 Å². The first-order valence-electron chi connectivity index (χ1n) is 10.9. The fourth-order valence-electron chi connectivity index (χ4n) is 3.59. The van der Waals surface area contributed by atoms with Gasteiger partial charge in [0.25, 0.3) is 0 Å². The standard InChI is InChI=1S/C23H31N3O5S/c1-4-30-20-15-19(26-8-10-29-11-9-26)21(31-5-2)13-17(20)25-23(28)14-18(24-16(3)27)22-7-6-12-32-22/h6-7,12-13,15,18H,4-5,8-11,14H2,1-3H3,(H,24,27)(H,25,28). The Labute approximate surface area is 192 Å². The molecule has 1 saturated heterocycles. The molecule has 9 heteroatoms. The zero-order valence-corrected chi connectivity index (χ0v) is 19.6. The molecule has 2 N–H and O–H groups in total. The lowest BCUT2D eigenvalue weighted by Crippen LogP contribution is -2.36. The predicted octanol–water partition coefficient (Wildman–Crippen LogP) is 3.59. The molecule has 8 nitrogen and oxygen atoms in total. The van der Waals surface area contributed by atoms with Crippen molar-refractivity contribution in [3.8, 4) is 11.5 Å². The molecule has 0 saturated carbocycles. The van der Waals surface area contributed by atoms with Crippen molar-refractivity contribution in [2.75, 3.05) is 49.7 Å². The second-order valence-corrected chi connectivity index (χ2v) is 8.28. The predicted molar refractivity (Wildman–Crippen MR) is 126 cm³/mol. The molecule has 1 aliphatic rings. The summed E-state index contributed by atoms with van der Waals surface area (Å²) < 4.78 is 17.2. The van der Waals surface area contributed by atoms with E-state index < -0.39 is 0 Å². The molecule has 0 bridgehead atoms. The molecule has 1 aromatic heterocycles. The van der Waals surface area contributed by atoms with Crippen molar-refractivity contribution in [1.82, 2.24) is 5.32 Å². The Balaban J connectivity index is 1.83. The summed E-state index contributed by atoms with van der Waals surface area (Å²) in [7, 11) is 0. The van der Waals surface area contributed by atoms with Crippen LogP contribution in [0.1, 0.15) is 38.1 Å². The maximum atomic E-state index is 12.9. The molecule has 174 valence electrons. The fraction of sp³-hybridized carbons (Fsp3) is 0.478. The maximum Gasteiger partial charge on any atom is 0.226 e. The van der Waals surface area contributed by atoms with Gasteiger partial charge in [0.05, 0.1) is 50.3 Å². The van der Waals surface area contributed by atoms with Crippen LogP contribution in [0.25, 0.3) is 0 Å². The van der Waals surface area contributed by atoms with Crippen LogP contribution in [0.5, 0.6) is 11.5 Å². The molecular formula is C23H31N3O5S. The Hall–Kier alpha value is -2.78. The third-order valence-electron chi connectivity index (χ3n) is 4.94. The van der Waals surface area contributed by atoms with Crippen LogP contribution in [0.4, 0.5) is 11.4 Å². The van der Waals surface area contributed by atoms with E-state index in [2.05, 4.69) is 15.5 Å². The zero-order chi connectivity index (χ0) is 22.9. The Morgan fingerprint density at radius 1 is 1.16 bits per heavy atom. The SMILES string of the molecule is CCOc1cc(N2CCOCC2)c(OCC)cc1NC(=O)CC(NC(C)=O)c1cccs1. The minimum atomic E-state index is -0.387. The van der Waals surface area contributed by atoms with Gasteiger partial charge in [0, 0.05) is 37.0 Å². The number of hydrogen-bond acceptors (Lipinski definition) is 7. The van der Waals surface area contributed by atoms with Gasteiger partial charge >= 0.3 is 0 Å². The number of ether oxygens (including phenoxy) is 3. The summed E-state index contributed by atoms with van der Waals surface area (Å²) >= 11 is 1.50. The molecule has 1 aromatic carbocycles. The van der Waals surface area contributed by atoms with Gasteiger partial charge in [0.15, 0.2) is 0 Å². The largest absolute Gasteiger partial charge is 0.492 e. The molecule has 32 heavy (non-hydrogen) atoms. The summed E-state index contributed by atoms with van der Waals surface area (Å²) in [6.07, 6.45) is 0.112. The maximum absolute atomic E-state index is 12.9. The van der Waals surface area contributed by atoms with Crippen molar-refractivity contribution in [3.05, 3.63) is 34.5 Å². The first kappa shape index (κ1) is 23.9. The summed E-state index contributed by atoms with van der Waals surface area (Å²) in [6.45, 7) is 9.07. The number of hydrogen-bond donors (Lipinski definition) is 2. The summed E-state index contributed by atoms with van der Waals surface area (Å²) in [6, 6.07) is 7.16. The number of nitrogens with zero attached hydrogens (tertiary/aromatic N) is 1. The first-order chi connectivity index (χ1) is 15.5. The molecule has 3 rings (SSSR count). The molecule has 0 aliphatic carbocycles. The molecule has 2 amide bonds. The van der Waals surface area contributed by atoms with E-state index in [9.17, 15) is 9.59 Å². The van der Waals surface area contributed by atoms with Gasteiger partial charge in [-0.1, -0.05) is 6.07 Å². The van der Waals surface area contributed by atoms with Crippen LogP contribution < -0.4 is 25.0 Å². The van der Waals surface area contributed by atoms with E-state index in [0.29, 0.717) is 43.6 Å². The highest BCUT2D eigenvalue weighted by molar-refractivity contribution is 7.10. The molecule has 1 atom stereocenters. The van der Waals surface area contributed by atoms with Gasteiger partial charge in [0.1, 0.15) is 11.5 Å². The summed E-state index contributed by atoms with van der Waals surface area (Å²) in [5, 5.41) is 7.74. The van der Waals surface area contributed by atoms with Crippen molar-refractivity contribution in [1.29, 1.82) is 0 Å². The highest BCUT2D eigenvalue weighted by Crippen LogP contribution is 2.39. The molecule has 2 aromatic rings. The Morgan fingerprint density at radius 2 is 1.88 bits per heavy atom. The summed E-state index contributed by atoms with van der Waals surface area (Å²) in [4.78, 5) is 27.7. The summed E-state index contributed by atoms with van der Waals surface area (Å²) in [5.41, 5.74) is 1.47. The number of carbonyl (C=O) groups is 2. The number of amides is 2. The fourth-order valence-corrected chi connectivity index (χ4v) is 4.37. The molecular weight excluding hydrogens is 430 g/mol. The second kappa shape index (κ2) is 11.7. The number of carbonyl (C=O) groups excluding carboxylic acids is 2. The van der Waals surface area contributed by atoms with Crippen molar-refractivity contribution < 1.29 is 23.8 Å². The van der Waals surface area contributed by atoms with E-state index >= 15 is 0 Å². The van der Waals surface area contributed by atoms with Crippen LogP contribution in [0.15, 0.2) is 29.6 Å². The van der Waals surface area contributed by atoms with E-state index in [1.807, 2.05) is 43.5 Å². The minimum Gasteiger partial charge on any atom is -0.492 e. The Morgan fingerprint density at radius 3 is 2.50 bits per heavy atom. The van der Waals surface area contributed by atoms with Gasteiger partial charge in [0.2, 0.25) is 11.8 Å². The zero-order valence-electron chi connectivity index (χ0n) is 18.8. The second-order valence-electron chi connectivity index (χ2n) is 7.30. The van der Waals surface area contributed by atoms with E-state index in [0.717, 1.165) is 23.7 Å². The lowest BCUT2D eigenvalue weighted by atomic mass is 10.1. The van der Waals surface area contributed by atoms with Crippen molar-refractivity contribution in [2.45, 2.75) is 33.2 Å². The van der Waals surface area contributed by atoms with Gasteiger partial charge in [-0.05, 0) is 25.3 Å².